The molecule has 5 nitrogen and oxygen atoms in total. The fourth-order valence-corrected chi connectivity index (χ4v) is 1.89. The maximum atomic E-state index is 11.7. The molecule has 1 heterocycles. The molecule has 0 spiro atoms. The van der Waals surface area contributed by atoms with Crippen molar-refractivity contribution in [3.63, 3.8) is 0 Å². The molecule has 0 saturated heterocycles. The van der Waals surface area contributed by atoms with Gasteiger partial charge in [-0.15, -0.1) is 0 Å². The van der Waals surface area contributed by atoms with Crippen LogP contribution < -0.4 is 5.32 Å². The van der Waals surface area contributed by atoms with Gasteiger partial charge in [-0.1, -0.05) is 13.8 Å². The van der Waals surface area contributed by atoms with Crippen LogP contribution in [0, 0.1) is 19.8 Å². The Labute approximate surface area is 108 Å². The van der Waals surface area contributed by atoms with Crippen molar-refractivity contribution in [2.45, 2.75) is 46.8 Å². The number of hydrogen-bond acceptors (Lipinski definition) is 3. The van der Waals surface area contributed by atoms with E-state index in [1.807, 2.05) is 33.8 Å². The van der Waals surface area contributed by atoms with E-state index in [0.29, 0.717) is 18.9 Å². The summed E-state index contributed by atoms with van der Waals surface area (Å²) in [6.07, 6.45) is 0.217. The average molecular weight is 253 g/mol. The fraction of sp³-hybridized carbons (Fsp3) is 0.692. The van der Waals surface area contributed by atoms with Gasteiger partial charge >= 0.3 is 0 Å². The minimum Gasteiger partial charge on any atom is -0.391 e. The Hall–Kier alpha value is -1.36. The highest BCUT2D eigenvalue weighted by Gasteiger charge is 2.10. The standard InChI is InChI=1S/C13H23N3O2/c1-9(2)5-12(17)7-14-13(18)8-16-11(4)6-10(3)15-16/h6,9,12,17H,5,7-8H2,1-4H3,(H,14,18). The van der Waals surface area contributed by atoms with E-state index >= 15 is 0 Å². The number of aliphatic hydroxyl groups is 1. The first kappa shape index (κ1) is 14.7. The monoisotopic (exact) mass is 253 g/mol. The van der Waals surface area contributed by atoms with Crippen LogP contribution in [0.4, 0.5) is 0 Å². The molecule has 0 fully saturated rings. The summed E-state index contributed by atoms with van der Waals surface area (Å²) in [5.41, 5.74) is 1.87. The zero-order chi connectivity index (χ0) is 13.7. The van der Waals surface area contributed by atoms with Crippen molar-refractivity contribution < 1.29 is 9.90 Å². The number of nitrogens with one attached hydrogen (secondary N) is 1. The molecule has 0 aliphatic heterocycles. The van der Waals surface area contributed by atoms with Crippen molar-refractivity contribution in [3.05, 3.63) is 17.5 Å². The first-order valence-electron chi connectivity index (χ1n) is 6.34. The summed E-state index contributed by atoms with van der Waals surface area (Å²) in [7, 11) is 0. The maximum absolute atomic E-state index is 11.7. The highest BCUT2D eigenvalue weighted by atomic mass is 16.3. The number of nitrogens with zero attached hydrogens (tertiary/aromatic N) is 2. The predicted octanol–water partition coefficient (Wildman–Crippen LogP) is 1.02. The summed E-state index contributed by atoms with van der Waals surface area (Å²) in [4.78, 5) is 11.7. The summed E-state index contributed by atoms with van der Waals surface area (Å²) < 4.78 is 1.67. The summed E-state index contributed by atoms with van der Waals surface area (Å²) in [6, 6.07) is 1.93. The van der Waals surface area contributed by atoms with Gasteiger partial charge in [0.1, 0.15) is 6.54 Å². The zero-order valence-corrected chi connectivity index (χ0v) is 11.6. The topological polar surface area (TPSA) is 67.2 Å². The van der Waals surface area contributed by atoms with E-state index in [-0.39, 0.29) is 12.5 Å². The Bertz CT molecular complexity index is 399. The molecule has 2 N–H and O–H groups in total. The molecule has 1 atom stereocenters. The quantitative estimate of drug-likeness (QED) is 0.795. The minimum absolute atomic E-state index is 0.121. The van der Waals surface area contributed by atoms with Crippen LogP contribution in [-0.2, 0) is 11.3 Å². The number of amides is 1. The molecule has 5 heteroatoms. The number of rotatable bonds is 6. The Morgan fingerprint density at radius 2 is 2.17 bits per heavy atom. The SMILES string of the molecule is Cc1cc(C)n(CC(=O)NCC(O)CC(C)C)n1. The van der Waals surface area contributed by atoms with Gasteiger partial charge in [-0.25, -0.2) is 0 Å². The number of aliphatic hydroxyl groups excluding tert-OH is 1. The Morgan fingerprint density at radius 3 is 2.67 bits per heavy atom. The van der Waals surface area contributed by atoms with Crippen molar-refractivity contribution in [1.82, 2.24) is 15.1 Å². The molecular weight excluding hydrogens is 230 g/mol. The third-order valence-electron chi connectivity index (χ3n) is 2.68. The molecule has 1 aromatic rings. The third kappa shape index (κ3) is 4.87. The van der Waals surface area contributed by atoms with Gasteiger partial charge in [-0.3, -0.25) is 9.48 Å². The molecule has 0 radical (unpaired) electrons. The minimum atomic E-state index is -0.477. The third-order valence-corrected chi connectivity index (χ3v) is 2.68. The lowest BCUT2D eigenvalue weighted by atomic mass is 10.1. The molecular formula is C13H23N3O2. The van der Waals surface area contributed by atoms with Crippen molar-refractivity contribution in [2.75, 3.05) is 6.54 Å². The van der Waals surface area contributed by atoms with E-state index < -0.39 is 6.10 Å². The van der Waals surface area contributed by atoms with Crippen LogP contribution in [0.15, 0.2) is 6.07 Å². The van der Waals surface area contributed by atoms with Crippen LogP contribution in [0.2, 0.25) is 0 Å². The van der Waals surface area contributed by atoms with Gasteiger partial charge in [0.25, 0.3) is 0 Å². The molecule has 0 saturated carbocycles. The second-order valence-electron chi connectivity index (χ2n) is 5.17. The van der Waals surface area contributed by atoms with Gasteiger partial charge in [-0.2, -0.15) is 5.10 Å². The normalized spacial score (nSPS) is 12.8. The smallest absolute Gasteiger partial charge is 0.241 e. The van der Waals surface area contributed by atoms with Crippen LogP contribution in [-0.4, -0.2) is 33.4 Å². The lowest BCUT2D eigenvalue weighted by Crippen LogP contribution is -2.35. The maximum Gasteiger partial charge on any atom is 0.241 e. The summed E-state index contributed by atoms with van der Waals surface area (Å²) in [5, 5.41) is 16.6. The van der Waals surface area contributed by atoms with Gasteiger partial charge in [0.2, 0.25) is 5.91 Å². The second-order valence-corrected chi connectivity index (χ2v) is 5.17. The summed E-state index contributed by atoms with van der Waals surface area (Å²) in [5.74, 6) is 0.303. The van der Waals surface area contributed by atoms with Gasteiger partial charge in [0.05, 0.1) is 11.8 Å². The Morgan fingerprint density at radius 1 is 1.50 bits per heavy atom. The zero-order valence-electron chi connectivity index (χ0n) is 11.6. The average Bonchev–Trinajstić information content (AvgIpc) is 2.53. The van der Waals surface area contributed by atoms with Gasteiger partial charge in [-0.05, 0) is 32.3 Å². The molecule has 1 rings (SSSR count). The number of carbonyl (C=O) groups is 1. The number of aryl methyl sites for hydroxylation is 2. The Balaban J connectivity index is 2.36. The number of carbonyl (C=O) groups excluding carboxylic acids is 1. The summed E-state index contributed by atoms with van der Waals surface area (Å²) in [6.45, 7) is 8.40. The van der Waals surface area contributed by atoms with E-state index in [2.05, 4.69) is 10.4 Å². The molecule has 1 amide bonds. The van der Waals surface area contributed by atoms with Gasteiger partial charge < -0.3 is 10.4 Å². The molecule has 102 valence electrons. The summed E-state index contributed by atoms with van der Waals surface area (Å²) >= 11 is 0. The molecule has 0 aliphatic carbocycles. The lowest BCUT2D eigenvalue weighted by Gasteiger charge is -2.14. The molecule has 0 bridgehead atoms. The van der Waals surface area contributed by atoms with Crippen LogP contribution in [0.25, 0.3) is 0 Å². The van der Waals surface area contributed by atoms with Crippen molar-refractivity contribution in [2.24, 2.45) is 5.92 Å². The molecule has 1 unspecified atom stereocenters. The fourth-order valence-electron chi connectivity index (χ4n) is 1.89. The number of aromatic nitrogens is 2. The van der Waals surface area contributed by atoms with Crippen molar-refractivity contribution >= 4 is 5.91 Å². The largest absolute Gasteiger partial charge is 0.391 e. The van der Waals surface area contributed by atoms with Crippen LogP contribution >= 0.6 is 0 Å². The Kier molecular flexibility index (Phi) is 5.34. The van der Waals surface area contributed by atoms with E-state index in [9.17, 15) is 9.90 Å². The van der Waals surface area contributed by atoms with Crippen LogP contribution in [0.1, 0.15) is 31.7 Å². The molecule has 0 aromatic carbocycles. The van der Waals surface area contributed by atoms with E-state index in [1.165, 1.54) is 0 Å². The van der Waals surface area contributed by atoms with E-state index in [0.717, 1.165) is 11.4 Å². The van der Waals surface area contributed by atoms with Gasteiger partial charge in [0, 0.05) is 12.2 Å². The first-order valence-corrected chi connectivity index (χ1v) is 6.34. The van der Waals surface area contributed by atoms with Crippen molar-refractivity contribution in [3.8, 4) is 0 Å². The van der Waals surface area contributed by atoms with Gasteiger partial charge in [0.15, 0.2) is 0 Å². The molecule has 1 aromatic heterocycles. The lowest BCUT2D eigenvalue weighted by molar-refractivity contribution is -0.122. The van der Waals surface area contributed by atoms with Crippen LogP contribution in [0.3, 0.4) is 0 Å². The highest BCUT2D eigenvalue weighted by molar-refractivity contribution is 5.75. The second kappa shape index (κ2) is 6.54. The van der Waals surface area contributed by atoms with E-state index in [4.69, 9.17) is 0 Å². The van der Waals surface area contributed by atoms with Crippen LogP contribution in [0.5, 0.6) is 0 Å². The highest BCUT2D eigenvalue weighted by Crippen LogP contribution is 2.04. The van der Waals surface area contributed by atoms with Crippen molar-refractivity contribution in [1.29, 1.82) is 0 Å². The molecule has 18 heavy (non-hydrogen) atoms. The predicted molar refractivity (Wildman–Crippen MR) is 70.2 cm³/mol. The molecule has 0 aliphatic rings. The number of hydrogen-bond donors (Lipinski definition) is 2. The van der Waals surface area contributed by atoms with E-state index in [1.54, 1.807) is 4.68 Å². The first-order chi connectivity index (χ1) is 8.38.